The van der Waals surface area contributed by atoms with Crippen LogP contribution in [0.1, 0.15) is 20.8 Å². The van der Waals surface area contributed by atoms with Gasteiger partial charge in [0, 0.05) is 0 Å². The van der Waals surface area contributed by atoms with E-state index in [4.69, 9.17) is 11.4 Å². The quantitative estimate of drug-likeness (QED) is 0.577. The van der Waals surface area contributed by atoms with Crippen LogP contribution in [0.25, 0.3) is 0 Å². The molecule has 0 heterocycles. The van der Waals surface area contributed by atoms with Gasteiger partial charge in [0.25, 0.3) is 0 Å². The van der Waals surface area contributed by atoms with Gasteiger partial charge in [0.1, 0.15) is 0 Å². The minimum absolute atomic E-state index is 0.668. The SMILES string of the molecule is CC[O][Al-]([CH3])([O]CC)[O]CC. The molecule has 0 bridgehead atoms. The topological polar surface area (TPSA) is 27.7 Å². The van der Waals surface area contributed by atoms with Crippen molar-refractivity contribution in [2.24, 2.45) is 0 Å². The molecule has 0 rings (SSSR count). The Morgan fingerprint density at radius 2 is 1.09 bits per heavy atom. The molecule has 0 fully saturated rings. The molecule has 0 radical (unpaired) electrons. The van der Waals surface area contributed by atoms with E-state index in [1.165, 1.54) is 0 Å². The molecule has 0 saturated carbocycles. The fourth-order valence-electron chi connectivity index (χ4n) is 1.05. The van der Waals surface area contributed by atoms with Crippen LogP contribution in [0.2, 0.25) is 5.79 Å². The molecule has 0 aromatic carbocycles. The third-order valence-corrected chi connectivity index (χ3v) is 4.22. The summed E-state index contributed by atoms with van der Waals surface area (Å²) < 4.78 is 16.3. The van der Waals surface area contributed by atoms with Gasteiger partial charge in [-0.05, 0) is 40.6 Å². The summed E-state index contributed by atoms with van der Waals surface area (Å²) in [7, 11) is 0. The summed E-state index contributed by atoms with van der Waals surface area (Å²) in [6.45, 7) is 7.87. The van der Waals surface area contributed by atoms with Crippen LogP contribution in [0.15, 0.2) is 0 Å². The largest absolute Gasteiger partial charge is 0.666 e. The van der Waals surface area contributed by atoms with Crippen molar-refractivity contribution in [2.75, 3.05) is 19.8 Å². The van der Waals surface area contributed by atoms with E-state index < -0.39 is 14.1 Å². The van der Waals surface area contributed by atoms with Crippen molar-refractivity contribution in [1.82, 2.24) is 0 Å². The molecule has 0 aliphatic heterocycles. The highest BCUT2D eigenvalue weighted by Gasteiger charge is 2.32. The van der Waals surface area contributed by atoms with Crippen LogP contribution in [0.3, 0.4) is 0 Å². The highest BCUT2D eigenvalue weighted by molar-refractivity contribution is 6.59. The van der Waals surface area contributed by atoms with Crippen molar-refractivity contribution in [3.63, 3.8) is 0 Å². The van der Waals surface area contributed by atoms with Gasteiger partial charge >= 0.3 is 14.1 Å². The lowest BCUT2D eigenvalue weighted by atomic mass is 10.9. The third-order valence-electron chi connectivity index (χ3n) is 1.41. The van der Waals surface area contributed by atoms with Gasteiger partial charge in [-0.3, -0.25) is 0 Å². The first kappa shape index (κ1) is 11.4. The Kier molecular flexibility index (Phi) is 6.21. The summed E-state index contributed by atoms with van der Waals surface area (Å²) >= 11 is -2.53. The van der Waals surface area contributed by atoms with E-state index in [0.29, 0.717) is 19.8 Å². The summed E-state index contributed by atoms with van der Waals surface area (Å²) in [5.74, 6) is 1.95. The van der Waals surface area contributed by atoms with E-state index in [9.17, 15) is 0 Å². The molecule has 0 aromatic rings. The van der Waals surface area contributed by atoms with Crippen LogP contribution in [0.5, 0.6) is 0 Å². The molecule has 0 saturated heterocycles. The Morgan fingerprint density at radius 3 is 1.27 bits per heavy atom. The van der Waals surface area contributed by atoms with Crippen molar-refractivity contribution >= 4 is 14.1 Å². The highest BCUT2D eigenvalue weighted by Crippen LogP contribution is 2.08. The fourth-order valence-corrected chi connectivity index (χ4v) is 3.16. The van der Waals surface area contributed by atoms with Crippen LogP contribution < -0.4 is 0 Å². The van der Waals surface area contributed by atoms with Crippen LogP contribution in [-0.2, 0) is 11.4 Å². The predicted octanol–water partition coefficient (Wildman–Crippen LogP) is 1.66. The molecule has 4 heteroatoms. The highest BCUT2D eigenvalue weighted by atomic mass is 27.3. The second kappa shape index (κ2) is 5.99. The second-order valence-electron chi connectivity index (χ2n) is 2.36. The Bertz CT molecular complexity index is 80.7. The van der Waals surface area contributed by atoms with Gasteiger partial charge < -0.3 is 11.4 Å². The van der Waals surface area contributed by atoms with Crippen LogP contribution >= 0.6 is 0 Å². The van der Waals surface area contributed by atoms with E-state index in [1.54, 1.807) is 0 Å². The fraction of sp³-hybridized carbons (Fsp3) is 1.00. The third kappa shape index (κ3) is 4.78. The van der Waals surface area contributed by atoms with E-state index >= 15 is 0 Å². The predicted molar refractivity (Wildman–Crippen MR) is 46.5 cm³/mol. The summed E-state index contributed by atoms with van der Waals surface area (Å²) in [6, 6.07) is 0. The zero-order chi connectivity index (χ0) is 8.74. The smallest absolute Gasteiger partial charge is 0.613 e. The first-order chi connectivity index (χ1) is 5.18. The van der Waals surface area contributed by atoms with Crippen molar-refractivity contribution in [1.29, 1.82) is 0 Å². The van der Waals surface area contributed by atoms with Gasteiger partial charge in [-0.2, -0.15) is 0 Å². The van der Waals surface area contributed by atoms with E-state index in [-0.39, 0.29) is 0 Å². The Labute approximate surface area is 72.3 Å². The van der Waals surface area contributed by atoms with Gasteiger partial charge in [0.05, 0.1) is 0 Å². The lowest BCUT2D eigenvalue weighted by Crippen LogP contribution is -2.42. The Hall–Kier alpha value is 0.412. The van der Waals surface area contributed by atoms with Crippen LogP contribution in [0, 0.1) is 0 Å². The Morgan fingerprint density at radius 1 is 0.818 bits per heavy atom. The molecule has 0 aromatic heterocycles. The lowest BCUT2D eigenvalue weighted by Gasteiger charge is -2.33. The summed E-state index contributed by atoms with van der Waals surface area (Å²) in [5, 5.41) is 0. The molecule has 0 unspecified atom stereocenters. The van der Waals surface area contributed by atoms with Crippen LogP contribution in [-0.4, -0.2) is 33.9 Å². The standard InChI is InChI=1S/3C2H5O.CH3.Al/c3*1-2-3;;/h3*2H2,1H3;1H3;/q3*-1;;+2. The first-order valence-electron chi connectivity index (χ1n) is 4.27. The van der Waals surface area contributed by atoms with Gasteiger partial charge in [-0.15, -0.1) is 5.79 Å². The van der Waals surface area contributed by atoms with Crippen molar-refractivity contribution in [2.45, 2.75) is 26.6 Å². The molecule has 0 aliphatic rings. The zero-order valence-corrected chi connectivity index (χ0v) is 9.08. The zero-order valence-electron chi connectivity index (χ0n) is 7.92. The van der Waals surface area contributed by atoms with Gasteiger partial charge in [-0.25, -0.2) is 0 Å². The van der Waals surface area contributed by atoms with E-state index in [1.807, 2.05) is 26.6 Å². The van der Waals surface area contributed by atoms with E-state index in [0.717, 1.165) is 0 Å². The molecule has 0 spiro atoms. The Balaban J connectivity index is 3.79. The summed E-state index contributed by atoms with van der Waals surface area (Å²) in [5.41, 5.74) is 0. The first-order valence-corrected chi connectivity index (χ1v) is 6.84. The molecule has 68 valence electrons. The molecule has 0 atom stereocenters. The maximum atomic E-state index is 5.43. The number of hydrogen-bond acceptors (Lipinski definition) is 3. The maximum absolute atomic E-state index is 5.43. The molecule has 0 amide bonds. The average Bonchev–Trinajstić information content (AvgIpc) is 1.88. The maximum Gasteiger partial charge on any atom is 0.666 e. The lowest BCUT2D eigenvalue weighted by molar-refractivity contribution is 0.0783. The molecular weight excluding hydrogens is 159 g/mol. The monoisotopic (exact) mass is 177 g/mol. The van der Waals surface area contributed by atoms with Crippen molar-refractivity contribution < 1.29 is 11.4 Å². The molecule has 11 heavy (non-hydrogen) atoms. The summed E-state index contributed by atoms with van der Waals surface area (Å²) in [4.78, 5) is 0. The van der Waals surface area contributed by atoms with Crippen molar-refractivity contribution in [3.05, 3.63) is 0 Å². The van der Waals surface area contributed by atoms with Gasteiger partial charge in [0.15, 0.2) is 0 Å². The second-order valence-corrected chi connectivity index (χ2v) is 5.35. The molecule has 0 aliphatic carbocycles. The average molecular weight is 177 g/mol. The molecular formula is C7H18AlO3-. The molecule has 3 nitrogen and oxygen atoms in total. The minimum Gasteiger partial charge on any atom is -0.613 e. The van der Waals surface area contributed by atoms with Gasteiger partial charge in [-0.1, -0.05) is 0 Å². The van der Waals surface area contributed by atoms with Gasteiger partial charge in [0.2, 0.25) is 0 Å². The van der Waals surface area contributed by atoms with Crippen molar-refractivity contribution in [3.8, 4) is 0 Å². The van der Waals surface area contributed by atoms with E-state index in [2.05, 4.69) is 0 Å². The number of hydrogen-bond donors (Lipinski definition) is 0. The summed E-state index contributed by atoms with van der Waals surface area (Å²) in [6.07, 6.45) is 0. The number of rotatable bonds is 6. The normalized spacial score (nSPS) is 12.0. The minimum atomic E-state index is -2.53. The molecule has 0 N–H and O–H groups in total. The van der Waals surface area contributed by atoms with Crippen LogP contribution in [0.4, 0.5) is 0 Å².